The molecule has 0 bridgehead atoms. The Bertz CT molecular complexity index is 773. The molecule has 0 N–H and O–H groups in total. The van der Waals surface area contributed by atoms with Crippen molar-refractivity contribution in [3.63, 3.8) is 0 Å². The first-order valence-electron chi connectivity index (χ1n) is 9.53. The van der Waals surface area contributed by atoms with Crippen molar-refractivity contribution in [1.29, 1.82) is 0 Å². The van der Waals surface area contributed by atoms with Crippen LogP contribution in [0.1, 0.15) is 89.3 Å². The van der Waals surface area contributed by atoms with Gasteiger partial charge in [-0.3, -0.25) is 9.59 Å². The summed E-state index contributed by atoms with van der Waals surface area (Å²) in [6, 6.07) is 12.9. The van der Waals surface area contributed by atoms with Crippen molar-refractivity contribution < 1.29 is 9.59 Å². The summed E-state index contributed by atoms with van der Waals surface area (Å²) in [5, 5.41) is 0. The third kappa shape index (κ3) is 3.89. The molecular formula is C23H26O2. The van der Waals surface area contributed by atoms with Gasteiger partial charge in [0.15, 0.2) is 11.6 Å². The van der Waals surface area contributed by atoms with Gasteiger partial charge in [0, 0.05) is 22.3 Å². The van der Waals surface area contributed by atoms with Gasteiger partial charge in [-0.2, -0.15) is 0 Å². The zero-order chi connectivity index (χ0) is 17.6. The van der Waals surface area contributed by atoms with Crippen molar-refractivity contribution in [2.75, 3.05) is 0 Å². The van der Waals surface area contributed by atoms with Gasteiger partial charge < -0.3 is 0 Å². The molecular weight excluding hydrogens is 308 g/mol. The van der Waals surface area contributed by atoms with Gasteiger partial charge in [0.25, 0.3) is 0 Å². The van der Waals surface area contributed by atoms with Crippen LogP contribution in [0, 0.1) is 0 Å². The number of hydrogen-bond acceptors (Lipinski definition) is 2. The van der Waals surface area contributed by atoms with E-state index in [9.17, 15) is 9.59 Å². The van der Waals surface area contributed by atoms with Crippen molar-refractivity contribution in [2.24, 2.45) is 0 Å². The summed E-state index contributed by atoms with van der Waals surface area (Å²) in [7, 11) is 0. The Morgan fingerprint density at radius 3 is 1.88 bits per heavy atom. The molecule has 0 saturated heterocycles. The number of fused-ring (bicyclic) bond motifs is 2. The predicted octanol–water partition coefficient (Wildman–Crippen LogP) is 5.76. The summed E-state index contributed by atoms with van der Waals surface area (Å²) >= 11 is 0. The van der Waals surface area contributed by atoms with Gasteiger partial charge in [0.2, 0.25) is 0 Å². The summed E-state index contributed by atoms with van der Waals surface area (Å²) < 4.78 is 0. The molecule has 0 saturated carbocycles. The standard InChI is InChI=1S/C23H26O2/c1-2-3-4-5-6-7-8-11-17-14-15-20-21(16-17)23(25)19-13-10-9-12-18(19)22(20)24/h9-10,12-16H,2-8,11H2,1H3. The average molecular weight is 334 g/mol. The molecule has 2 nitrogen and oxygen atoms in total. The minimum Gasteiger partial charge on any atom is -0.289 e. The maximum Gasteiger partial charge on any atom is 0.194 e. The van der Waals surface area contributed by atoms with E-state index in [4.69, 9.17) is 0 Å². The lowest BCUT2D eigenvalue weighted by Gasteiger charge is -2.18. The van der Waals surface area contributed by atoms with Crippen LogP contribution in [0.15, 0.2) is 42.5 Å². The van der Waals surface area contributed by atoms with Gasteiger partial charge in [0.1, 0.15) is 0 Å². The topological polar surface area (TPSA) is 34.1 Å². The smallest absolute Gasteiger partial charge is 0.194 e. The number of carbonyl (C=O) groups excluding carboxylic acids is 2. The fourth-order valence-electron chi connectivity index (χ4n) is 3.59. The second-order valence-corrected chi connectivity index (χ2v) is 6.96. The van der Waals surface area contributed by atoms with E-state index in [1.165, 1.54) is 38.5 Å². The summed E-state index contributed by atoms with van der Waals surface area (Å²) in [6.07, 6.45) is 9.92. The van der Waals surface area contributed by atoms with Crippen LogP contribution in [-0.4, -0.2) is 11.6 Å². The number of rotatable bonds is 8. The molecule has 1 aliphatic rings. The molecule has 0 aromatic heterocycles. The number of unbranched alkanes of at least 4 members (excludes halogenated alkanes) is 6. The van der Waals surface area contributed by atoms with Gasteiger partial charge in [0.05, 0.1) is 0 Å². The highest BCUT2D eigenvalue weighted by atomic mass is 16.1. The lowest BCUT2D eigenvalue weighted by atomic mass is 9.83. The van der Waals surface area contributed by atoms with Crippen LogP contribution in [0.5, 0.6) is 0 Å². The van der Waals surface area contributed by atoms with Gasteiger partial charge >= 0.3 is 0 Å². The highest BCUT2D eigenvalue weighted by molar-refractivity contribution is 6.28. The molecule has 3 rings (SSSR count). The second-order valence-electron chi connectivity index (χ2n) is 6.96. The first kappa shape index (κ1) is 17.6. The van der Waals surface area contributed by atoms with E-state index in [2.05, 4.69) is 6.92 Å². The molecule has 2 aromatic carbocycles. The molecule has 2 aromatic rings. The van der Waals surface area contributed by atoms with Gasteiger partial charge in [-0.05, 0) is 24.5 Å². The van der Waals surface area contributed by atoms with Gasteiger partial charge in [-0.15, -0.1) is 0 Å². The predicted molar refractivity (Wildman–Crippen MR) is 101 cm³/mol. The lowest BCUT2D eigenvalue weighted by Crippen LogP contribution is -2.20. The second kappa shape index (κ2) is 8.24. The zero-order valence-corrected chi connectivity index (χ0v) is 15.0. The molecule has 2 heteroatoms. The maximum atomic E-state index is 12.7. The molecule has 25 heavy (non-hydrogen) atoms. The highest BCUT2D eigenvalue weighted by Gasteiger charge is 2.29. The quantitative estimate of drug-likeness (QED) is 0.491. The average Bonchev–Trinajstić information content (AvgIpc) is 2.65. The number of benzene rings is 2. The molecule has 130 valence electrons. The monoisotopic (exact) mass is 334 g/mol. The third-order valence-corrected chi connectivity index (χ3v) is 5.06. The fourth-order valence-corrected chi connectivity index (χ4v) is 3.59. The van der Waals surface area contributed by atoms with E-state index in [1.807, 2.05) is 30.3 Å². The number of carbonyl (C=O) groups is 2. The number of ketones is 2. The van der Waals surface area contributed by atoms with E-state index in [0.717, 1.165) is 18.4 Å². The summed E-state index contributed by atoms with van der Waals surface area (Å²) in [4.78, 5) is 25.3. The van der Waals surface area contributed by atoms with Crippen LogP contribution in [0.4, 0.5) is 0 Å². The van der Waals surface area contributed by atoms with Crippen molar-refractivity contribution in [3.8, 4) is 0 Å². The largest absolute Gasteiger partial charge is 0.289 e. The number of aryl methyl sites for hydroxylation is 1. The van der Waals surface area contributed by atoms with E-state index in [-0.39, 0.29) is 11.6 Å². The van der Waals surface area contributed by atoms with E-state index in [0.29, 0.717) is 22.3 Å². The third-order valence-electron chi connectivity index (χ3n) is 5.06. The minimum absolute atomic E-state index is 0.0217. The van der Waals surface area contributed by atoms with E-state index >= 15 is 0 Å². The molecule has 1 aliphatic carbocycles. The maximum absolute atomic E-state index is 12.7. The Morgan fingerprint density at radius 1 is 0.640 bits per heavy atom. The van der Waals surface area contributed by atoms with Crippen molar-refractivity contribution >= 4 is 11.6 Å². The molecule has 0 heterocycles. The summed E-state index contributed by atoms with van der Waals surface area (Å²) in [6.45, 7) is 2.24. The molecule has 0 atom stereocenters. The Hall–Kier alpha value is -2.22. The van der Waals surface area contributed by atoms with Gasteiger partial charge in [-0.25, -0.2) is 0 Å². The van der Waals surface area contributed by atoms with E-state index in [1.54, 1.807) is 12.1 Å². The zero-order valence-electron chi connectivity index (χ0n) is 15.0. The minimum atomic E-state index is -0.0346. The van der Waals surface area contributed by atoms with Crippen LogP contribution < -0.4 is 0 Å². The molecule has 0 spiro atoms. The van der Waals surface area contributed by atoms with E-state index < -0.39 is 0 Å². The fraction of sp³-hybridized carbons (Fsp3) is 0.391. The van der Waals surface area contributed by atoms with Crippen LogP contribution in [0.3, 0.4) is 0 Å². The number of hydrogen-bond donors (Lipinski definition) is 0. The Labute approximate surface area is 150 Å². The SMILES string of the molecule is CCCCCCCCCc1ccc2c(c1)C(=O)c1ccccc1C2=O. The van der Waals surface area contributed by atoms with Crippen molar-refractivity contribution in [3.05, 3.63) is 70.3 Å². The first-order valence-corrected chi connectivity index (χ1v) is 9.53. The van der Waals surface area contributed by atoms with Crippen LogP contribution in [0.2, 0.25) is 0 Å². The van der Waals surface area contributed by atoms with Crippen molar-refractivity contribution in [2.45, 2.75) is 58.3 Å². The molecule has 0 fully saturated rings. The molecule has 0 radical (unpaired) electrons. The summed E-state index contributed by atoms with van der Waals surface area (Å²) in [5.41, 5.74) is 3.34. The lowest BCUT2D eigenvalue weighted by molar-refractivity contribution is 0.0979. The normalized spacial score (nSPS) is 12.8. The Morgan fingerprint density at radius 2 is 1.20 bits per heavy atom. The molecule has 0 aliphatic heterocycles. The highest BCUT2D eigenvalue weighted by Crippen LogP contribution is 2.28. The van der Waals surface area contributed by atoms with Crippen LogP contribution >= 0.6 is 0 Å². The Balaban J connectivity index is 1.64. The summed E-state index contributed by atoms with van der Waals surface area (Å²) in [5.74, 6) is -0.0562. The first-order chi connectivity index (χ1) is 12.2. The Kier molecular flexibility index (Phi) is 5.80. The molecule has 0 unspecified atom stereocenters. The van der Waals surface area contributed by atoms with Gasteiger partial charge in [-0.1, -0.05) is 81.8 Å². The molecule has 0 amide bonds. The van der Waals surface area contributed by atoms with Crippen molar-refractivity contribution in [1.82, 2.24) is 0 Å². The van der Waals surface area contributed by atoms with Crippen LogP contribution in [-0.2, 0) is 6.42 Å². The van der Waals surface area contributed by atoms with Crippen LogP contribution in [0.25, 0.3) is 0 Å².